The number of carbonyl (C=O) groups is 1. The molecule has 1 atom stereocenters. The van der Waals surface area contributed by atoms with Gasteiger partial charge in [0.1, 0.15) is 17.4 Å². The summed E-state index contributed by atoms with van der Waals surface area (Å²) in [6.45, 7) is 0. The summed E-state index contributed by atoms with van der Waals surface area (Å²) in [5.74, 6) is -0.382. The Morgan fingerprint density at radius 3 is 2.45 bits per heavy atom. The SMILES string of the molecule is COc1ccc(C(NC(=O)CCc2ncc(-c3ccc(F)cc3F)o2)c2ccccc2)cc1. The summed E-state index contributed by atoms with van der Waals surface area (Å²) in [7, 11) is 1.60. The number of methoxy groups -OCH3 is 1. The number of hydrogen-bond donors (Lipinski definition) is 1. The Morgan fingerprint density at radius 1 is 1.03 bits per heavy atom. The quantitative estimate of drug-likeness (QED) is 0.388. The van der Waals surface area contributed by atoms with Crippen LogP contribution in [0.2, 0.25) is 0 Å². The van der Waals surface area contributed by atoms with E-state index in [1.54, 1.807) is 7.11 Å². The molecule has 1 N–H and O–H groups in total. The first kappa shape index (κ1) is 22.2. The van der Waals surface area contributed by atoms with Gasteiger partial charge in [0.2, 0.25) is 5.91 Å². The van der Waals surface area contributed by atoms with Crippen LogP contribution in [-0.4, -0.2) is 18.0 Å². The molecular formula is C26H22F2N2O3. The van der Waals surface area contributed by atoms with Gasteiger partial charge in [-0.2, -0.15) is 0 Å². The Bertz CT molecular complexity index is 1220. The number of hydrogen-bond acceptors (Lipinski definition) is 4. The second-order valence-corrected chi connectivity index (χ2v) is 7.43. The topological polar surface area (TPSA) is 64.4 Å². The van der Waals surface area contributed by atoms with Crippen molar-refractivity contribution >= 4 is 5.91 Å². The van der Waals surface area contributed by atoms with Gasteiger partial charge in [-0.3, -0.25) is 4.79 Å². The van der Waals surface area contributed by atoms with Gasteiger partial charge in [-0.25, -0.2) is 13.8 Å². The first-order valence-corrected chi connectivity index (χ1v) is 10.4. The third-order valence-electron chi connectivity index (χ3n) is 5.20. The number of nitrogens with zero attached hydrogens (tertiary/aromatic N) is 1. The van der Waals surface area contributed by atoms with Crippen molar-refractivity contribution in [2.24, 2.45) is 0 Å². The summed E-state index contributed by atoms with van der Waals surface area (Å²) in [4.78, 5) is 16.9. The molecule has 1 amide bonds. The number of oxazole rings is 1. The normalized spacial score (nSPS) is 11.7. The summed E-state index contributed by atoms with van der Waals surface area (Å²) >= 11 is 0. The van der Waals surface area contributed by atoms with Crippen molar-refractivity contribution < 1.29 is 22.7 Å². The average Bonchev–Trinajstić information content (AvgIpc) is 3.30. The second kappa shape index (κ2) is 10.1. The lowest BCUT2D eigenvalue weighted by Crippen LogP contribution is -2.29. The van der Waals surface area contributed by atoms with Gasteiger partial charge >= 0.3 is 0 Å². The van der Waals surface area contributed by atoms with Crippen molar-refractivity contribution in [1.82, 2.24) is 10.3 Å². The lowest BCUT2D eigenvalue weighted by molar-refractivity contribution is -0.121. The first-order chi connectivity index (χ1) is 16.0. The Labute approximate surface area is 190 Å². The predicted octanol–water partition coefficient (Wildman–Crippen LogP) is 5.47. The number of aromatic nitrogens is 1. The van der Waals surface area contributed by atoms with Crippen molar-refractivity contribution in [3.63, 3.8) is 0 Å². The van der Waals surface area contributed by atoms with Crippen LogP contribution < -0.4 is 10.1 Å². The number of aryl methyl sites for hydroxylation is 1. The molecule has 168 valence electrons. The smallest absolute Gasteiger partial charge is 0.221 e. The zero-order valence-corrected chi connectivity index (χ0v) is 17.9. The summed E-state index contributed by atoms with van der Waals surface area (Å²) in [6, 6.07) is 20.1. The minimum Gasteiger partial charge on any atom is -0.497 e. The van der Waals surface area contributed by atoms with Crippen LogP contribution in [0, 0.1) is 11.6 Å². The highest BCUT2D eigenvalue weighted by atomic mass is 19.1. The molecule has 4 rings (SSSR count). The molecule has 0 aliphatic heterocycles. The molecule has 3 aromatic carbocycles. The van der Waals surface area contributed by atoms with E-state index in [-0.39, 0.29) is 36.1 Å². The molecule has 1 unspecified atom stereocenters. The highest BCUT2D eigenvalue weighted by Crippen LogP contribution is 2.26. The van der Waals surface area contributed by atoms with Crippen LogP contribution in [0.3, 0.4) is 0 Å². The van der Waals surface area contributed by atoms with Crippen molar-refractivity contribution in [1.29, 1.82) is 0 Å². The molecule has 1 aromatic heterocycles. The lowest BCUT2D eigenvalue weighted by Gasteiger charge is -2.20. The summed E-state index contributed by atoms with van der Waals surface area (Å²) in [5, 5.41) is 3.06. The van der Waals surface area contributed by atoms with Crippen LogP contribution in [0.1, 0.15) is 29.5 Å². The largest absolute Gasteiger partial charge is 0.497 e. The highest BCUT2D eigenvalue weighted by molar-refractivity contribution is 5.77. The van der Waals surface area contributed by atoms with Gasteiger partial charge in [0.05, 0.1) is 24.9 Å². The van der Waals surface area contributed by atoms with Gasteiger partial charge in [-0.1, -0.05) is 42.5 Å². The van der Waals surface area contributed by atoms with Gasteiger partial charge in [0.25, 0.3) is 0 Å². The molecule has 0 spiro atoms. The zero-order valence-electron chi connectivity index (χ0n) is 17.9. The fraction of sp³-hybridized carbons (Fsp3) is 0.154. The highest BCUT2D eigenvalue weighted by Gasteiger charge is 2.18. The molecule has 0 aliphatic carbocycles. The van der Waals surface area contributed by atoms with Crippen LogP contribution in [-0.2, 0) is 11.2 Å². The lowest BCUT2D eigenvalue weighted by atomic mass is 9.98. The Kier molecular flexibility index (Phi) is 6.78. The van der Waals surface area contributed by atoms with Gasteiger partial charge in [-0.05, 0) is 35.4 Å². The summed E-state index contributed by atoms with van der Waals surface area (Å²) in [6.07, 6.45) is 1.73. The fourth-order valence-corrected chi connectivity index (χ4v) is 3.49. The maximum Gasteiger partial charge on any atom is 0.221 e. The van der Waals surface area contributed by atoms with Gasteiger partial charge < -0.3 is 14.5 Å². The molecule has 0 aliphatic rings. The molecule has 0 radical (unpaired) electrons. The van der Waals surface area contributed by atoms with E-state index in [9.17, 15) is 13.6 Å². The first-order valence-electron chi connectivity index (χ1n) is 10.4. The number of nitrogens with one attached hydrogen (secondary N) is 1. The molecule has 0 saturated heterocycles. The third kappa shape index (κ3) is 5.44. The maximum absolute atomic E-state index is 14.0. The van der Waals surface area contributed by atoms with E-state index in [1.807, 2.05) is 54.6 Å². The Hall–Kier alpha value is -4.00. The van der Waals surface area contributed by atoms with E-state index in [0.717, 1.165) is 29.0 Å². The standard InChI is InChI=1S/C26H22F2N2O3/c1-32-20-10-7-18(8-11-20)26(17-5-3-2-4-6-17)30-24(31)13-14-25-29-16-23(33-25)21-12-9-19(27)15-22(21)28/h2-12,15-16,26H,13-14H2,1H3,(H,30,31). The molecule has 4 aromatic rings. The van der Waals surface area contributed by atoms with Crippen molar-refractivity contribution in [2.75, 3.05) is 7.11 Å². The molecule has 5 nitrogen and oxygen atoms in total. The van der Waals surface area contributed by atoms with Gasteiger partial charge in [0, 0.05) is 18.9 Å². The van der Waals surface area contributed by atoms with E-state index in [0.29, 0.717) is 5.89 Å². The Morgan fingerprint density at radius 2 is 1.76 bits per heavy atom. The van der Waals surface area contributed by atoms with E-state index in [2.05, 4.69) is 10.3 Å². The number of halogens is 2. The fourth-order valence-electron chi connectivity index (χ4n) is 3.49. The van der Waals surface area contributed by atoms with Crippen LogP contribution in [0.5, 0.6) is 5.75 Å². The van der Waals surface area contributed by atoms with Crippen molar-refractivity contribution in [3.8, 4) is 17.1 Å². The van der Waals surface area contributed by atoms with Gasteiger partial charge in [-0.15, -0.1) is 0 Å². The van der Waals surface area contributed by atoms with Gasteiger partial charge in [0.15, 0.2) is 11.7 Å². The van der Waals surface area contributed by atoms with Crippen LogP contribution in [0.25, 0.3) is 11.3 Å². The van der Waals surface area contributed by atoms with Crippen LogP contribution in [0.4, 0.5) is 8.78 Å². The molecule has 1 heterocycles. The summed E-state index contributed by atoms with van der Waals surface area (Å²) in [5.41, 5.74) is 1.98. The van der Waals surface area contributed by atoms with E-state index in [4.69, 9.17) is 9.15 Å². The molecule has 0 bridgehead atoms. The summed E-state index contributed by atoms with van der Waals surface area (Å²) < 4.78 is 37.9. The zero-order chi connectivity index (χ0) is 23.2. The van der Waals surface area contributed by atoms with Crippen molar-refractivity contribution in [2.45, 2.75) is 18.9 Å². The molecule has 0 fully saturated rings. The van der Waals surface area contributed by atoms with Crippen LogP contribution in [0.15, 0.2) is 83.4 Å². The number of amides is 1. The third-order valence-corrected chi connectivity index (χ3v) is 5.20. The average molecular weight is 448 g/mol. The molecular weight excluding hydrogens is 426 g/mol. The number of benzene rings is 3. The monoisotopic (exact) mass is 448 g/mol. The van der Waals surface area contributed by atoms with E-state index in [1.165, 1.54) is 12.3 Å². The van der Waals surface area contributed by atoms with E-state index >= 15 is 0 Å². The molecule has 33 heavy (non-hydrogen) atoms. The second-order valence-electron chi connectivity index (χ2n) is 7.43. The van der Waals surface area contributed by atoms with E-state index < -0.39 is 11.6 Å². The number of ether oxygens (including phenoxy) is 1. The Balaban J connectivity index is 1.44. The van der Waals surface area contributed by atoms with Crippen LogP contribution >= 0.6 is 0 Å². The molecule has 7 heteroatoms. The minimum absolute atomic E-state index is 0.114. The maximum atomic E-state index is 14.0. The number of carbonyl (C=O) groups excluding carboxylic acids is 1. The molecule has 0 saturated carbocycles. The van der Waals surface area contributed by atoms with Crippen molar-refractivity contribution in [3.05, 3.63) is 108 Å². The number of rotatable bonds is 8. The minimum atomic E-state index is -0.736. The predicted molar refractivity (Wildman–Crippen MR) is 120 cm³/mol.